The molecule has 0 aliphatic carbocycles. The van der Waals surface area contributed by atoms with Crippen molar-refractivity contribution in [3.63, 3.8) is 0 Å². The Morgan fingerprint density at radius 3 is 2.83 bits per heavy atom. The van der Waals surface area contributed by atoms with E-state index in [1.54, 1.807) is 7.05 Å². The highest BCUT2D eigenvalue weighted by Gasteiger charge is 2.00. The number of nitrogens with one attached hydrogen (secondary N) is 2. The molecule has 0 spiro atoms. The maximum atomic E-state index is 5.88. The Balaban J connectivity index is 2.26. The second kappa shape index (κ2) is 7.82. The first-order chi connectivity index (χ1) is 8.67. The number of guanidine groups is 1. The average Bonchev–Trinajstić information content (AvgIpc) is 2.36. The molecule has 1 rings (SSSR count). The van der Waals surface area contributed by atoms with Gasteiger partial charge in [-0.3, -0.25) is 4.99 Å². The number of halogens is 1. The van der Waals surface area contributed by atoms with E-state index in [1.165, 1.54) is 0 Å². The van der Waals surface area contributed by atoms with Crippen molar-refractivity contribution in [3.05, 3.63) is 28.8 Å². The Morgan fingerprint density at radius 1 is 1.44 bits per heavy atom. The van der Waals surface area contributed by atoms with Crippen molar-refractivity contribution in [2.75, 3.05) is 27.2 Å². The van der Waals surface area contributed by atoms with E-state index in [-0.39, 0.29) is 0 Å². The van der Waals surface area contributed by atoms with Crippen LogP contribution in [0.15, 0.2) is 23.2 Å². The number of aryl methyl sites for hydroxylation is 1. The Morgan fingerprint density at radius 2 is 2.22 bits per heavy atom. The Kier molecular flexibility index (Phi) is 6.36. The molecule has 1 aromatic rings. The van der Waals surface area contributed by atoms with Crippen LogP contribution in [-0.2, 0) is 0 Å². The molecule has 2 N–H and O–H groups in total. The summed E-state index contributed by atoms with van der Waals surface area (Å²) < 4.78 is 5.68. The van der Waals surface area contributed by atoms with Crippen LogP contribution >= 0.6 is 11.6 Å². The van der Waals surface area contributed by atoms with Crippen molar-refractivity contribution in [2.45, 2.75) is 13.3 Å². The molecule has 0 aliphatic heterocycles. The quantitative estimate of drug-likeness (QED) is 0.489. The topological polar surface area (TPSA) is 45.7 Å². The van der Waals surface area contributed by atoms with E-state index in [1.807, 2.05) is 32.2 Å². The Hall–Kier alpha value is -1.42. The highest BCUT2D eigenvalue weighted by Crippen LogP contribution is 2.21. The summed E-state index contributed by atoms with van der Waals surface area (Å²) >= 11 is 5.88. The third-order valence-corrected chi connectivity index (χ3v) is 2.70. The van der Waals surface area contributed by atoms with Gasteiger partial charge >= 0.3 is 0 Å². The first kappa shape index (κ1) is 14.6. The summed E-state index contributed by atoms with van der Waals surface area (Å²) in [5.41, 5.74) is 1.06. The van der Waals surface area contributed by atoms with Crippen molar-refractivity contribution < 1.29 is 4.74 Å². The van der Waals surface area contributed by atoms with E-state index in [9.17, 15) is 0 Å². The average molecular weight is 270 g/mol. The van der Waals surface area contributed by atoms with Gasteiger partial charge in [-0.1, -0.05) is 11.6 Å². The molecule has 0 radical (unpaired) electrons. The minimum Gasteiger partial charge on any atom is -0.493 e. The number of hydrogen-bond acceptors (Lipinski definition) is 2. The van der Waals surface area contributed by atoms with Gasteiger partial charge in [0.1, 0.15) is 5.75 Å². The lowest BCUT2D eigenvalue weighted by Gasteiger charge is -2.11. The second-order valence-electron chi connectivity index (χ2n) is 3.86. The van der Waals surface area contributed by atoms with Crippen LogP contribution in [-0.4, -0.2) is 33.2 Å². The third-order valence-electron chi connectivity index (χ3n) is 2.47. The lowest BCUT2D eigenvalue weighted by atomic mass is 10.2. The lowest BCUT2D eigenvalue weighted by Crippen LogP contribution is -2.35. The Bertz CT molecular complexity index is 407. The molecule has 0 aromatic heterocycles. The lowest BCUT2D eigenvalue weighted by molar-refractivity contribution is 0.309. The van der Waals surface area contributed by atoms with Crippen LogP contribution < -0.4 is 15.4 Å². The zero-order valence-electron chi connectivity index (χ0n) is 11.1. The summed E-state index contributed by atoms with van der Waals surface area (Å²) in [5, 5.41) is 6.86. The predicted octanol–water partition coefficient (Wildman–Crippen LogP) is 2.21. The molecule has 0 unspecified atom stereocenters. The van der Waals surface area contributed by atoms with Crippen LogP contribution in [0.3, 0.4) is 0 Å². The van der Waals surface area contributed by atoms with Crippen LogP contribution in [0, 0.1) is 6.92 Å². The molecule has 4 nitrogen and oxygen atoms in total. The first-order valence-corrected chi connectivity index (χ1v) is 6.32. The highest BCUT2D eigenvalue weighted by atomic mass is 35.5. The third kappa shape index (κ3) is 4.84. The normalized spacial score (nSPS) is 11.2. The summed E-state index contributed by atoms with van der Waals surface area (Å²) in [7, 11) is 3.58. The standard InChI is InChI=1S/C13H20ClN3O/c1-10-9-11(14)5-6-12(10)18-8-4-7-17-13(15-2)16-3/h5-6,9H,4,7-8H2,1-3H3,(H2,15,16,17). The van der Waals surface area contributed by atoms with Crippen molar-refractivity contribution in [1.82, 2.24) is 10.6 Å². The summed E-state index contributed by atoms with van der Waals surface area (Å²) in [4.78, 5) is 4.03. The number of hydrogen-bond donors (Lipinski definition) is 2. The SMILES string of the molecule is CN=C(NC)NCCCOc1ccc(Cl)cc1C. The van der Waals surface area contributed by atoms with Gasteiger partial charge in [0, 0.05) is 25.7 Å². The molecule has 0 bridgehead atoms. The van der Waals surface area contributed by atoms with E-state index in [0.29, 0.717) is 6.61 Å². The van der Waals surface area contributed by atoms with Crippen LogP contribution in [0.1, 0.15) is 12.0 Å². The van der Waals surface area contributed by atoms with E-state index in [0.717, 1.165) is 35.3 Å². The van der Waals surface area contributed by atoms with Crippen molar-refractivity contribution in [1.29, 1.82) is 0 Å². The minimum atomic E-state index is 0.663. The number of nitrogens with zero attached hydrogens (tertiary/aromatic N) is 1. The largest absolute Gasteiger partial charge is 0.493 e. The molecule has 1 aromatic carbocycles. The smallest absolute Gasteiger partial charge is 0.190 e. The summed E-state index contributed by atoms with van der Waals surface area (Å²) in [6.45, 7) is 3.47. The monoisotopic (exact) mass is 269 g/mol. The van der Waals surface area contributed by atoms with Crippen molar-refractivity contribution >= 4 is 17.6 Å². The molecule has 5 heteroatoms. The van der Waals surface area contributed by atoms with E-state index < -0.39 is 0 Å². The van der Waals surface area contributed by atoms with Gasteiger partial charge in [-0.15, -0.1) is 0 Å². The Labute approximate surface area is 113 Å². The van der Waals surface area contributed by atoms with Crippen LogP contribution in [0.25, 0.3) is 0 Å². The number of aliphatic imine (C=N–C) groups is 1. The van der Waals surface area contributed by atoms with Gasteiger partial charge in [-0.25, -0.2) is 0 Å². The van der Waals surface area contributed by atoms with Crippen LogP contribution in [0.2, 0.25) is 5.02 Å². The summed E-state index contributed by atoms with van der Waals surface area (Å²) in [5.74, 6) is 1.68. The van der Waals surface area contributed by atoms with Gasteiger partial charge in [0.05, 0.1) is 6.61 Å². The number of ether oxygens (including phenoxy) is 1. The fourth-order valence-corrected chi connectivity index (χ4v) is 1.74. The molecule has 18 heavy (non-hydrogen) atoms. The molecule has 0 fully saturated rings. The van der Waals surface area contributed by atoms with Gasteiger partial charge in [0.15, 0.2) is 5.96 Å². The minimum absolute atomic E-state index is 0.663. The summed E-state index contributed by atoms with van der Waals surface area (Å²) in [6.07, 6.45) is 0.906. The van der Waals surface area contributed by atoms with Gasteiger partial charge < -0.3 is 15.4 Å². The molecule has 0 atom stereocenters. The van der Waals surface area contributed by atoms with Crippen LogP contribution in [0.5, 0.6) is 5.75 Å². The molecular formula is C13H20ClN3O. The van der Waals surface area contributed by atoms with Crippen molar-refractivity contribution in [2.24, 2.45) is 4.99 Å². The maximum absolute atomic E-state index is 5.88. The van der Waals surface area contributed by atoms with Gasteiger partial charge in [0.2, 0.25) is 0 Å². The molecular weight excluding hydrogens is 250 g/mol. The molecule has 0 saturated heterocycles. The van der Waals surface area contributed by atoms with Gasteiger partial charge in [-0.05, 0) is 37.1 Å². The molecule has 100 valence electrons. The first-order valence-electron chi connectivity index (χ1n) is 5.94. The summed E-state index contributed by atoms with van der Waals surface area (Å²) in [6, 6.07) is 5.64. The van der Waals surface area contributed by atoms with E-state index in [2.05, 4.69) is 15.6 Å². The van der Waals surface area contributed by atoms with Gasteiger partial charge in [0.25, 0.3) is 0 Å². The second-order valence-corrected chi connectivity index (χ2v) is 4.30. The molecule has 0 heterocycles. The molecule has 0 amide bonds. The highest BCUT2D eigenvalue weighted by molar-refractivity contribution is 6.30. The number of rotatable bonds is 5. The molecule has 0 aliphatic rings. The zero-order chi connectivity index (χ0) is 13.4. The maximum Gasteiger partial charge on any atom is 0.190 e. The number of benzene rings is 1. The molecule has 0 saturated carbocycles. The zero-order valence-corrected chi connectivity index (χ0v) is 11.8. The van der Waals surface area contributed by atoms with Crippen molar-refractivity contribution in [3.8, 4) is 5.75 Å². The van der Waals surface area contributed by atoms with E-state index in [4.69, 9.17) is 16.3 Å². The predicted molar refractivity (Wildman–Crippen MR) is 76.7 cm³/mol. The van der Waals surface area contributed by atoms with Crippen LogP contribution in [0.4, 0.5) is 0 Å². The van der Waals surface area contributed by atoms with E-state index >= 15 is 0 Å². The fourth-order valence-electron chi connectivity index (χ4n) is 1.52. The fraction of sp³-hybridized carbons (Fsp3) is 0.462. The van der Waals surface area contributed by atoms with Gasteiger partial charge in [-0.2, -0.15) is 0 Å².